The van der Waals surface area contributed by atoms with Crippen LogP contribution in [0.4, 0.5) is 22.7 Å². The van der Waals surface area contributed by atoms with Crippen LogP contribution in [0.2, 0.25) is 0 Å². The number of nitrogens with zero attached hydrogens (tertiary/aromatic N) is 2. The van der Waals surface area contributed by atoms with E-state index in [2.05, 4.69) is 31.2 Å². The van der Waals surface area contributed by atoms with Crippen molar-refractivity contribution >= 4 is 93.0 Å². The van der Waals surface area contributed by atoms with Crippen LogP contribution in [-0.2, 0) is 95.0 Å². The Hall–Kier alpha value is -9.92. The van der Waals surface area contributed by atoms with Crippen LogP contribution in [-0.4, -0.2) is 257 Å². The van der Waals surface area contributed by atoms with Gasteiger partial charge in [0.1, 0.15) is 52.6 Å². The SMILES string of the molecule is COCCOCCOCCOC(=O)CNc1ccc(-c2c3nc(c(-c4ccc(NCC(=O)OCCOCCOCCOC)cc4)c4ccc([nH]4)c(-c4ccc(NCC(=O)OCCOCCOCCOC)cc4)c4nc(c(-c5ccc(NCC(=O)OCCOCCOCCOC)cc5)c5ccc2[nH]5)C=C4)C=C3)cc1. The Morgan fingerprint density at radius 1 is 0.259 bits per heavy atom. The standard InChI is InChI=1S/C80H98N8O20/c1-93-29-33-97-37-41-101-45-49-105-73(89)53-81-61-13-5-57(6-14-61)77-65-21-23-67(85-65)78(58-7-15-62(16-8-58)82-54-74(90)106-50-46-102-42-38-98-34-30-94-2)69-25-27-71(87-69)80(60-11-19-64(20-12-60)84-56-76(92)108-52-48-104-44-40-100-36-32-96-4)72-28-26-70(88-72)79(68-24-22-66(77)86-68)59-9-17-63(18-10-59)83-55-75(91)107-51-47-103-43-39-99-35-31-95-3/h5-28,81-85,88H,29-56H2,1-4H3. The molecule has 6 N–H and O–H groups in total. The second-order valence-electron chi connectivity index (χ2n) is 24.0. The molecule has 9 rings (SSSR count). The molecule has 3 aromatic heterocycles. The fourth-order valence-electron chi connectivity index (χ4n) is 11.1. The molecule has 108 heavy (non-hydrogen) atoms. The van der Waals surface area contributed by atoms with Gasteiger partial charge in [0, 0.05) is 95.5 Å². The number of nitrogens with one attached hydrogen (secondary N) is 6. The summed E-state index contributed by atoms with van der Waals surface area (Å²) in [6, 6.07) is 39.1. The number of benzene rings is 4. The predicted molar refractivity (Wildman–Crippen MR) is 412 cm³/mol. The highest BCUT2D eigenvalue weighted by atomic mass is 16.6. The Labute approximate surface area is 628 Å². The third-order valence-corrected chi connectivity index (χ3v) is 16.4. The zero-order chi connectivity index (χ0) is 75.6. The number of aromatic amines is 2. The largest absolute Gasteiger partial charge is 0.462 e. The van der Waals surface area contributed by atoms with Crippen molar-refractivity contribution in [1.29, 1.82) is 0 Å². The highest BCUT2D eigenvalue weighted by Gasteiger charge is 2.21. The minimum atomic E-state index is -0.442. The van der Waals surface area contributed by atoms with Gasteiger partial charge in [0.15, 0.2) is 0 Å². The van der Waals surface area contributed by atoms with Crippen molar-refractivity contribution < 1.29 is 95.0 Å². The maximum atomic E-state index is 12.9. The fourth-order valence-corrected chi connectivity index (χ4v) is 11.1. The molecule has 2 aliphatic heterocycles. The number of methoxy groups -OCH3 is 4. The highest BCUT2D eigenvalue weighted by molar-refractivity contribution is 6.00. The van der Waals surface area contributed by atoms with Crippen LogP contribution in [0, 0.1) is 0 Å². The van der Waals surface area contributed by atoms with Crippen molar-refractivity contribution in [2.75, 3.05) is 234 Å². The second-order valence-corrected chi connectivity index (χ2v) is 24.0. The first-order chi connectivity index (χ1) is 53.1. The van der Waals surface area contributed by atoms with E-state index in [9.17, 15) is 19.2 Å². The first-order valence-corrected chi connectivity index (χ1v) is 35.8. The van der Waals surface area contributed by atoms with Gasteiger partial charge in [0.2, 0.25) is 0 Å². The summed E-state index contributed by atoms with van der Waals surface area (Å²) in [6.45, 7) is 7.92. The van der Waals surface area contributed by atoms with Crippen molar-refractivity contribution in [2.45, 2.75) is 0 Å². The number of hydrogen-bond donors (Lipinski definition) is 6. The minimum Gasteiger partial charge on any atom is -0.462 e. The van der Waals surface area contributed by atoms with E-state index < -0.39 is 23.9 Å². The summed E-state index contributed by atoms with van der Waals surface area (Å²) in [5.74, 6) is -1.77. The summed E-state index contributed by atoms with van der Waals surface area (Å²) < 4.78 is 85.7. The number of esters is 4. The molecule has 28 heteroatoms. The number of fused-ring (bicyclic) bond motifs is 8. The van der Waals surface area contributed by atoms with Crippen molar-refractivity contribution in [2.24, 2.45) is 0 Å². The first-order valence-electron chi connectivity index (χ1n) is 35.8. The fraction of sp³-hybridized carbons (Fsp3) is 0.400. The summed E-state index contributed by atoms with van der Waals surface area (Å²) >= 11 is 0. The molecule has 0 radical (unpaired) electrons. The summed E-state index contributed by atoms with van der Waals surface area (Å²) in [6.07, 6.45) is 7.98. The zero-order valence-corrected chi connectivity index (χ0v) is 61.7. The molecule has 0 unspecified atom stereocenters. The first kappa shape index (κ1) is 82.1. The molecular formula is C80H98N8O20. The Bertz CT molecular complexity index is 3620. The van der Waals surface area contributed by atoms with Crippen molar-refractivity contribution in [3.63, 3.8) is 0 Å². The normalized spacial score (nSPS) is 11.6. The summed E-state index contributed by atoms with van der Waals surface area (Å²) in [4.78, 5) is 70.1. The van der Waals surface area contributed by atoms with Gasteiger partial charge < -0.3 is 107 Å². The number of anilines is 4. The molecule has 28 nitrogen and oxygen atoms in total. The second kappa shape index (κ2) is 47.0. The van der Waals surface area contributed by atoms with E-state index in [1.807, 2.05) is 146 Å². The van der Waals surface area contributed by atoms with Crippen LogP contribution >= 0.6 is 0 Å². The molecule has 0 spiro atoms. The Balaban J connectivity index is 1.05. The Kier molecular flexibility index (Phi) is 35.8. The van der Waals surface area contributed by atoms with Crippen molar-refractivity contribution in [1.82, 2.24) is 19.9 Å². The van der Waals surface area contributed by atoms with Crippen LogP contribution in [0.15, 0.2) is 121 Å². The summed E-state index contributed by atoms with van der Waals surface area (Å²) in [5.41, 5.74) is 14.7. The van der Waals surface area contributed by atoms with Gasteiger partial charge in [-0.05, 0) is 119 Å². The van der Waals surface area contributed by atoms with Gasteiger partial charge in [-0.25, -0.2) is 9.97 Å². The van der Waals surface area contributed by atoms with E-state index in [1.54, 1.807) is 28.4 Å². The van der Waals surface area contributed by atoms with Gasteiger partial charge in [-0.2, -0.15) is 0 Å². The molecule has 0 fully saturated rings. The molecule has 578 valence electrons. The lowest BCUT2D eigenvalue weighted by Gasteiger charge is -2.11. The lowest BCUT2D eigenvalue weighted by molar-refractivity contribution is -0.144. The zero-order valence-electron chi connectivity index (χ0n) is 61.7. The number of carbonyl (C=O) groups excluding carboxylic acids is 4. The molecule has 0 saturated heterocycles. The molecule has 0 amide bonds. The van der Waals surface area contributed by atoms with E-state index in [0.29, 0.717) is 151 Å². The van der Waals surface area contributed by atoms with Crippen molar-refractivity contribution in [3.05, 3.63) is 144 Å². The molecule has 4 aromatic carbocycles. The van der Waals surface area contributed by atoms with E-state index in [4.69, 9.17) is 85.8 Å². The van der Waals surface area contributed by atoms with E-state index in [0.717, 1.165) is 66.6 Å². The molecule has 0 saturated carbocycles. The van der Waals surface area contributed by atoms with Crippen molar-refractivity contribution in [3.8, 4) is 44.5 Å². The van der Waals surface area contributed by atoms with E-state index in [-0.39, 0.29) is 79.0 Å². The highest BCUT2D eigenvalue weighted by Crippen LogP contribution is 2.39. The van der Waals surface area contributed by atoms with Crippen LogP contribution < -0.4 is 21.3 Å². The Morgan fingerprint density at radius 3 is 0.639 bits per heavy atom. The average Bonchev–Trinajstić information content (AvgIpc) is 1.61. The quantitative estimate of drug-likeness (QED) is 0.0117. The molecule has 2 aliphatic rings. The molecular weight excluding hydrogens is 1390 g/mol. The number of ether oxygens (including phenoxy) is 16. The predicted octanol–water partition coefficient (Wildman–Crippen LogP) is 9.86. The number of rotatable bonds is 52. The molecule has 5 heterocycles. The average molecular weight is 1490 g/mol. The molecule has 8 bridgehead atoms. The van der Waals surface area contributed by atoms with Crippen LogP contribution in [0.3, 0.4) is 0 Å². The summed E-state index contributed by atoms with van der Waals surface area (Å²) in [5, 5.41) is 12.8. The maximum absolute atomic E-state index is 12.9. The number of aromatic nitrogens is 4. The topological polar surface area (TPSA) is 321 Å². The summed E-state index contributed by atoms with van der Waals surface area (Å²) in [7, 11) is 6.44. The van der Waals surface area contributed by atoms with E-state index >= 15 is 0 Å². The monoisotopic (exact) mass is 1490 g/mol. The lowest BCUT2D eigenvalue weighted by Crippen LogP contribution is -2.19. The van der Waals surface area contributed by atoms with Gasteiger partial charge >= 0.3 is 23.9 Å². The van der Waals surface area contributed by atoms with Gasteiger partial charge in [-0.1, -0.05) is 48.5 Å². The lowest BCUT2D eigenvalue weighted by atomic mass is 10.0. The molecule has 0 aliphatic carbocycles. The minimum absolute atomic E-state index is 0.0758. The van der Waals surface area contributed by atoms with Crippen LogP contribution in [0.1, 0.15) is 22.8 Å². The van der Waals surface area contributed by atoms with Crippen LogP contribution in [0.25, 0.3) is 90.9 Å². The van der Waals surface area contributed by atoms with Gasteiger partial charge in [-0.3, -0.25) is 19.2 Å². The van der Waals surface area contributed by atoms with E-state index in [1.165, 1.54) is 0 Å². The third-order valence-electron chi connectivity index (χ3n) is 16.4. The number of H-pyrrole nitrogens is 2. The van der Waals surface area contributed by atoms with Gasteiger partial charge in [0.05, 0.1) is 155 Å². The molecule has 7 aromatic rings. The molecule has 0 atom stereocenters. The third kappa shape index (κ3) is 27.4. The van der Waals surface area contributed by atoms with Gasteiger partial charge in [0.25, 0.3) is 0 Å². The number of carbonyl (C=O) groups is 4. The smallest absolute Gasteiger partial charge is 0.325 e. The van der Waals surface area contributed by atoms with Crippen LogP contribution in [0.5, 0.6) is 0 Å². The number of hydrogen-bond acceptors (Lipinski definition) is 26. The van der Waals surface area contributed by atoms with Gasteiger partial charge in [-0.15, -0.1) is 0 Å². The maximum Gasteiger partial charge on any atom is 0.325 e. The Morgan fingerprint density at radius 2 is 0.444 bits per heavy atom.